The Hall–Kier alpha value is -6.97. The summed E-state index contributed by atoms with van der Waals surface area (Å²) in [5.41, 5.74) is 15.4. The Morgan fingerprint density at radius 2 is 1.20 bits per heavy atom. The van der Waals surface area contributed by atoms with Crippen molar-refractivity contribution in [2.75, 3.05) is 0 Å². The first-order chi connectivity index (χ1) is 27.7. The summed E-state index contributed by atoms with van der Waals surface area (Å²) in [6.07, 6.45) is 3.08. The van der Waals surface area contributed by atoms with Crippen LogP contribution in [0.3, 0.4) is 0 Å². The van der Waals surface area contributed by atoms with E-state index in [1.165, 1.54) is 66.4 Å². The average molecular weight is 719 g/mol. The molecule has 1 aliphatic carbocycles. The number of nitrogens with zero attached hydrogens (tertiary/aromatic N) is 1. The largest absolute Gasteiger partial charge is 0.489 e. The van der Waals surface area contributed by atoms with Crippen molar-refractivity contribution in [2.24, 2.45) is 4.99 Å². The molecule has 0 bridgehead atoms. The first-order valence-corrected chi connectivity index (χ1v) is 19.5. The number of ether oxygens (including phenoxy) is 1. The van der Waals surface area contributed by atoms with Gasteiger partial charge >= 0.3 is 0 Å². The van der Waals surface area contributed by atoms with Gasteiger partial charge in [-0.25, -0.2) is 0 Å². The van der Waals surface area contributed by atoms with E-state index in [0.717, 1.165) is 34.8 Å². The lowest BCUT2D eigenvalue weighted by Crippen LogP contribution is -2.32. The Kier molecular flexibility index (Phi) is 7.60. The van der Waals surface area contributed by atoms with Crippen LogP contribution >= 0.6 is 0 Å². The van der Waals surface area contributed by atoms with E-state index in [0.29, 0.717) is 6.61 Å². The van der Waals surface area contributed by atoms with Gasteiger partial charge in [0.1, 0.15) is 18.2 Å². The highest BCUT2D eigenvalue weighted by Gasteiger charge is 2.47. The van der Waals surface area contributed by atoms with Gasteiger partial charge < -0.3 is 10.1 Å². The summed E-state index contributed by atoms with van der Waals surface area (Å²) in [6.45, 7) is 0.526. The van der Waals surface area contributed by atoms with Crippen molar-refractivity contribution in [1.82, 2.24) is 5.32 Å². The van der Waals surface area contributed by atoms with Crippen LogP contribution < -0.4 is 10.1 Å². The maximum Gasteiger partial charge on any atom is 0.134 e. The third-order valence-corrected chi connectivity index (χ3v) is 12.0. The number of benzene rings is 8. The number of nitrogens with one attached hydrogen (secondary N) is 1. The Morgan fingerprint density at radius 3 is 2.11 bits per heavy atom. The zero-order valence-electron chi connectivity index (χ0n) is 30.8. The van der Waals surface area contributed by atoms with Crippen LogP contribution in [0.4, 0.5) is 0 Å². The minimum absolute atomic E-state index is 0.220. The molecular weight excluding hydrogens is 681 g/mol. The third kappa shape index (κ3) is 5.16. The van der Waals surface area contributed by atoms with Gasteiger partial charge in [0.05, 0.1) is 11.5 Å². The second-order valence-corrected chi connectivity index (χ2v) is 15.0. The molecule has 3 aliphatic rings. The zero-order valence-corrected chi connectivity index (χ0v) is 30.8. The van der Waals surface area contributed by atoms with Gasteiger partial charge in [0.15, 0.2) is 0 Å². The lowest BCUT2D eigenvalue weighted by molar-refractivity contribution is 0.293. The van der Waals surface area contributed by atoms with Crippen LogP contribution in [0.15, 0.2) is 199 Å². The number of amidine groups is 1. The smallest absolute Gasteiger partial charge is 0.134 e. The molecule has 0 saturated carbocycles. The molecule has 8 aromatic carbocycles. The molecule has 1 N–H and O–H groups in total. The highest BCUT2D eigenvalue weighted by Crippen LogP contribution is 2.57. The van der Waals surface area contributed by atoms with Crippen molar-refractivity contribution in [3.05, 3.63) is 239 Å². The molecule has 0 radical (unpaired) electrons. The van der Waals surface area contributed by atoms with E-state index >= 15 is 0 Å². The lowest BCUT2D eigenvalue weighted by atomic mass is 9.66. The maximum absolute atomic E-state index is 6.49. The van der Waals surface area contributed by atoms with Gasteiger partial charge in [0.25, 0.3) is 0 Å². The monoisotopic (exact) mass is 718 g/mol. The topological polar surface area (TPSA) is 33.6 Å². The number of hydrogen-bond acceptors (Lipinski definition) is 3. The Labute approximate surface area is 327 Å². The summed E-state index contributed by atoms with van der Waals surface area (Å²) in [7, 11) is 0. The minimum Gasteiger partial charge on any atom is -0.489 e. The molecule has 3 heteroatoms. The van der Waals surface area contributed by atoms with Crippen molar-refractivity contribution >= 4 is 22.3 Å². The molecule has 0 fully saturated rings. The van der Waals surface area contributed by atoms with Crippen molar-refractivity contribution in [3.8, 4) is 28.0 Å². The standard InChI is InChI=1S/C53H38N2O/c1-2-16-36(17-3-1)49-32-50(55-52(54-49)45-25-14-20-35-15-4-7-21-40(35)45)44-24-9-8-22-41(44)37-29-30-43-42-23-10-12-27-47(42)53(48(43)31-37)33-38-18-6-13-28-51(38)56-34-39-19-5-11-26-46(39)53/h1-32,50H,33-34H2,(H,54,55). The second kappa shape index (κ2) is 13.1. The summed E-state index contributed by atoms with van der Waals surface area (Å²) in [6, 6.07) is 67.9. The van der Waals surface area contributed by atoms with Gasteiger partial charge in [-0.15, -0.1) is 0 Å². The molecule has 0 aromatic heterocycles. The summed E-state index contributed by atoms with van der Waals surface area (Å²) in [5, 5.41) is 6.12. The minimum atomic E-state index is -0.401. The van der Waals surface area contributed by atoms with E-state index in [2.05, 4.69) is 199 Å². The quantitative estimate of drug-likeness (QED) is 0.197. The van der Waals surface area contributed by atoms with E-state index < -0.39 is 5.41 Å². The van der Waals surface area contributed by atoms with Gasteiger partial charge in [-0.2, -0.15) is 0 Å². The molecular formula is C53H38N2O. The summed E-state index contributed by atoms with van der Waals surface area (Å²) in [5.74, 6) is 1.83. The predicted octanol–water partition coefficient (Wildman–Crippen LogP) is 12.1. The van der Waals surface area contributed by atoms with Crippen LogP contribution in [0.25, 0.3) is 38.7 Å². The van der Waals surface area contributed by atoms with Crippen molar-refractivity contribution in [1.29, 1.82) is 0 Å². The van der Waals surface area contributed by atoms with Crippen LogP contribution in [0.1, 0.15) is 50.5 Å². The van der Waals surface area contributed by atoms with Crippen molar-refractivity contribution in [2.45, 2.75) is 24.5 Å². The van der Waals surface area contributed by atoms with Crippen LogP contribution in [0.5, 0.6) is 5.75 Å². The van der Waals surface area contributed by atoms with E-state index in [4.69, 9.17) is 9.73 Å². The van der Waals surface area contributed by atoms with Crippen LogP contribution in [0, 0.1) is 0 Å². The first kappa shape index (κ1) is 32.5. The average Bonchev–Trinajstić information content (AvgIpc) is 3.55. The van der Waals surface area contributed by atoms with Gasteiger partial charge in [-0.1, -0.05) is 176 Å². The number of aliphatic imine (C=N–C) groups is 1. The fraction of sp³-hybridized carbons (Fsp3) is 0.0755. The summed E-state index contributed by atoms with van der Waals surface area (Å²) >= 11 is 0. The molecule has 2 unspecified atom stereocenters. The highest BCUT2D eigenvalue weighted by molar-refractivity contribution is 6.13. The van der Waals surface area contributed by atoms with E-state index in [1.807, 2.05) is 0 Å². The second-order valence-electron chi connectivity index (χ2n) is 15.0. The van der Waals surface area contributed by atoms with Crippen LogP contribution in [-0.4, -0.2) is 5.84 Å². The normalized spacial score (nSPS) is 17.9. The molecule has 0 amide bonds. The molecule has 2 aliphatic heterocycles. The SMILES string of the molecule is C1=C(c2ccccc2)NC(c2cccc3ccccc23)=NC1c1ccccc1-c1ccc2c(c1)C1(Cc3ccccc3OCc3ccccc31)c1ccccc1-2. The van der Waals surface area contributed by atoms with Crippen LogP contribution in [0.2, 0.25) is 0 Å². The van der Waals surface area contributed by atoms with Gasteiger partial charge in [-0.05, 0) is 96.6 Å². The van der Waals surface area contributed by atoms with E-state index in [-0.39, 0.29) is 6.04 Å². The third-order valence-electron chi connectivity index (χ3n) is 12.0. The molecule has 2 heterocycles. The molecule has 2 atom stereocenters. The maximum atomic E-state index is 6.49. The van der Waals surface area contributed by atoms with Crippen molar-refractivity contribution < 1.29 is 4.74 Å². The number of hydrogen-bond donors (Lipinski definition) is 1. The molecule has 56 heavy (non-hydrogen) atoms. The van der Waals surface area contributed by atoms with Gasteiger partial charge in [0, 0.05) is 11.3 Å². The Bertz CT molecular complexity index is 2880. The Morgan fingerprint density at radius 1 is 0.518 bits per heavy atom. The fourth-order valence-corrected chi connectivity index (χ4v) is 9.47. The molecule has 266 valence electrons. The summed E-state index contributed by atoms with van der Waals surface area (Å²) < 4.78 is 6.49. The fourth-order valence-electron chi connectivity index (χ4n) is 9.47. The molecule has 11 rings (SSSR count). The first-order valence-electron chi connectivity index (χ1n) is 19.5. The van der Waals surface area contributed by atoms with Crippen LogP contribution in [-0.2, 0) is 18.4 Å². The van der Waals surface area contributed by atoms with Gasteiger partial charge in [-0.3, -0.25) is 4.99 Å². The zero-order chi connectivity index (χ0) is 37.1. The van der Waals surface area contributed by atoms with E-state index in [1.54, 1.807) is 0 Å². The molecule has 3 nitrogen and oxygen atoms in total. The highest BCUT2D eigenvalue weighted by atomic mass is 16.5. The van der Waals surface area contributed by atoms with Crippen molar-refractivity contribution in [3.63, 3.8) is 0 Å². The summed E-state index contributed by atoms with van der Waals surface area (Å²) in [4.78, 5) is 5.52. The number of para-hydroxylation sites is 1. The lowest BCUT2D eigenvalue weighted by Gasteiger charge is -2.37. The predicted molar refractivity (Wildman–Crippen MR) is 229 cm³/mol. The molecule has 1 spiro atoms. The van der Waals surface area contributed by atoms with E-state index in [9.17, 15) is 0 Å². The molecule has 0 saturated heterocycles. The Balaban J connectivity index is 1.11. The number of rotatable bonds is 4. The van der Waals surface area contributed by atoms with Gasteiger partial charge in [0.2, 0.25) is 0 Å². The molecule has 8 aromatic rings. The number of fused-ring (bicyclic) bond motifs is 9.